The first-order chi connectivity index (χ1) is 8.46. The number of carbonyl (C=O) groups is 1. The van der Waals surface area contributed by atoms with Gasteiger partial charge in [-0.2, -0.15) is 4.98 Å². The van der Waals surface area contributed by atoms with E-state index in [1.807, 2.05) is 6.92 Å². The lowest BCUT2D eigenvalue weighted by atomic mass is 9.91. The summed E-state index contributed by atoms with van der Waals surface area (Å²) in [6.07, 6.45) is 1.80. The van der Waals surface area contributed by atoms with Gasteiger partial charge in [0.2, 0.25) is 5.91 Å². The summed E-state index contributed by atoms with van der Waals surface area (Å²) in [5.74, 6) is -0.0647. The van der Waals surface area contributed by atoms with E-state index in [-0.39, 0.29) is 24.3 Å². The van der Waals surface area contributed by atoms with Crippen LogP contribution in [0.4, 0.5) is 0 Å². The van der Waals surface area contributed by atoms with Gasteiger partial charge >= 0.3 is 6.01 Å². The lowest BCUT2D eigenvalue weighted by molar-refractivity contribution is -0.129. The monoisotopic (exact) mass is 249 g/mol. The highest BCUT2D eigenvalue weighted by atomic mass is 16.5. The van der Waals surface area contributed by atoms with Gasteiger partial charge in [-0.25, -0.2) is 4.98 Å². The third-order valence-corrected chi connectivity index (χ3v) is 2.99. The van der Waals surface area contributed by atoms with Gasteiger partial charge in [-0.3, -0.25) is 15.1 Å². The molecule has 1 atom stereocenters. The molecule has 1 aromatic rings. The molecule has 0 aromatic carbocycles. The Labute approximate surface area is 105 Å². The van der Waals surface area contributed by atoms with Crippen molar-refractivity contribution in [1.82, 2.24) is 20.2 Å². The fourth-order valence-electron chi connectivity index (χ4n) is 1.84. The Balaban J connectivity index is 2.36. The van der Waals surface area contributed by atoms with Gasteiger partial charge in [0.05, 0.1) is 24.8 Å². The summed E-state index contributed by atoms with van der Waals surface area (Å²) in [7, 11) is 3.05. The molecule has 1 aliphatic rings. The Bertz CT molecular complexity index is 484. The van der Waals surface area contributed by atoms with Crippen molar-refractivity contribution in [2.24, 2.45) is 0 Å². The van der Waals surface area contributed by atoms with E-state index in [0.717, 1.165) is 0 Å². The van der Waals surface area contributed by atoms with Gasteiger partial charge in [-0.1, -0.05) is 0 Å². The minimum atomic E-state index is -0.711. The van der Waals surface area contributed by atoms with E-state index in [9.17, 15) is 4.79 Å². The van der Waals surface area contributed by atoms with Crippen LogP contribution < -0.4 is 10.1 Å². The van der Waals surface area contributed by atoms with Crippen LogP contribution in [0, 0.1) is 5.41 Å². The molecule has 1 saturated heterocycles. The molecule has 0 spiro atoms. The smallest absolute Gasteiger partial charge is 0.316 e. The number of ether oxygens (including phenoxy) is 1. The number of hydrogen-bond acceptors (Lipinski definition) is 5. The highest BCUT2D eigenvalue weighted by Gasteiger charge is 2.39. The second-order valence-corrected chi connectivity index (χ2v) is 4.36. The Morgan fingerprint density at radius 1 is 1.61 bits per heavy atom. The van der Waals surface area contributed by atoms with Gasteiger partial charge in [0.15, 0.2) is 5.96 Å². The molecule has 7 nitrogen and oxygen atoms in total. The van der Waals surface area contributed by atoms with Crippen LogP contribution in [0.1, 0.15) is 19.0 Å². The number of nitrogens with one attached hydrogen (secondary N) is 2. The third-order valence-electron chi connectivity index (χ3n) is 2.99. The van der Waals surface area contributed by atoms with Crippen LogP contribution in [-0.2, 0) is 10.3 Å². The second-order valence-electron chi connectivity index (χ2n) is 4.36. The number of amides is 1. The van der Waals surface area contributed by atoms with Gasteiger partial charge in [0.1, 0.15) is 0 Å². The maximum absolute atomic E-state index is 11.8. The molecule has 0 bridgehead atoms. The third kappa shape index (κ3) is 1.99. The van der Waals surface area contributed by atoms with Gasteiger partial charge in [-0.15, -0.1) is 0 Å². The molecule has 0 saturated carbocycles. The summed E-state index contributed by atoms with van der Waals surface area (Å²) in [5, 5.41) is 10.7. The number of nitrogens with zero attached hydrogens (tertiary/aromatic N) is 3. The van der Waals surface area contributed by atoms with Crippen molar-refractivity contribution < 1.29 is 9.53 Å². The maximum atomic E-state index is 11.8. The Morgan fingerprint density at radius 2 is 2.33 bits per heavy atom. The van der Waals surface area contributed by atoms with E-state index in [2.05, 4.69) is 15.3 Å². The largest absolute Gasteiger partial charge is 0.467 e. The predicted octanol–water partition coefficient (Wildman–Crippen LogP) is 0.0869. The van der Waals surface area contributed by atoms with Crippen LogP contribution >= 0.6 is 0 Å². The maximum Gasteiger partial charge on any atom is 0.316 e. The summed E-state index contributed by atoms with van der Waals surface area (Å²) in [5.41, 5.74) is -0.0859. The topological polar surface area (TPSA) is 91.2 Å². The van der Waals surface area contributed by atoms with Crippen molar-refractivity contribution in [3.8, 4) is 6.01 Å². The van der Waals surface area contributed by atoms with Crippen molar-refractivity contribution in [3.63, 3.8) is 0 Å². The number of hydrogen-bond donors (Lipinski definition) is 2. The molecule has 2 rings (SSSR count). The van der Waals surface area contributed by atoms with Gasteiger partial charge in [0, 0.05) is 13.2 Å². The molecule has 1 aromatic heterocycles. The minimum absolute atomic E-state index is 0.0614. The van der Waals surface area contributed by atoms with Gasteiger partial charge < -0.3 is 10.1 Å². The van der Waals surface area contributed by atoms with Crippen molar-refractivity contribution >= 4 is 11.9 Å². The van der Waals surface area contributed by atoms with Gasteiger partial charge in [-0.05, 0) is 13.0 Å². The summed E-state index contributed by atoms with van der Waals surface area (Å²) in [4.78, 5) is 21.2. The molecule has 18 heavy (non-hydrogen) atoms. The van der Waals surface area contributed by atoms with Crippen molar-refractivity contribution in [2.45, 2.75) is 18.9 Å². The SMILES string of the molecule is COc1nccc([C@]2(C)CC(=O)N(C)C(=N)N2)n1. The lowest BCUT2D eigenvalue weighted by Crippen LogP contribution is -2.58. The van der Waals surface area contributed by atoms with Crippen LogP contribution in [0.5, 0.6) is 6.01 Å². The zero-order valence-electron chi connectivity index (χ0n) is 10.5. The van der Waals surface area contributed by atoms with Crippen LogP contribution in [-0.4, -0.2) is 40.9 Å². The fraction of sp³-hybridized carbons (Fsp3) is 0.455. The van der Waals surface area contributed by atoms with E-state index in [1.165, 1.54) is 12.0 Å². The molecule has 1 amide bonds. The molecule has 1 fully saturated rings. The average molecular weight is 249 g/mol. The summed E-state index contributed by atoms with van der Waals surface area (Å²) in [6.45, 7) is 1.83. The van der Waals surface area contributed by atoms with Crippen LogP contribution in [0.3, 0.4) is 0 Å². The molecule has 96 valence electrons. The van der Waals surface area contributed by atoms with Crippen molar-refractivity contribution in [3.05, 3.63) is 18.0 Å². The number of aromatic nitrogens is 2. The zero-order chi connectivity index (χ0) is 13.3. The number of methoxy groups -OCH3 is 1. The van der Waals surface area contributed by atoms with E-state index >= 15 is 0 Å². The van der Waals surface area contributed by atoms with Crippen molar-refractivity contribution in [2.75, 3.05) is 14.2 Å². The van der Waals surface area contributed by atoms with E-state index in [0.29, 0.717) is 5.69 Å². The lowest BCUT2D eigenvalue weighted by Gasteiger charge is -2.38. The molecule has 2 heterocycles. The molecule has 0 aliphatic carbocycles. The number of rotatable bonds is 2. The highest BCUT2D eigenvalue weighted by Crippen LogP contribution is 2.27. The summed E-state index contributed by atoms with van der Waals surface area (Å²) in [6, 6.07) is 1.95. The molecule has 0 radical (unpaired) electrons. The first-order valence-electron chi connectivity index (χ1n) is 5.47. The van der Waals surface area contributed by atoms with Gasteiger partial charge in [0.25, 0.3) is 0 Å². The fourth-order valence-corrected chi connectivity index (χ4v) is 1.84. The standard InChI is InChI=1S/C11H15N5O2/c1-11(6-8(17)16(2)9(12)15-11)7-4-5-13-10(14-7)18-3/h4-5H,6H2,1-3H3,(H2,12,15)/t11-/m0/s1. The average Bonchev–Trinajstić information content (AvgIpc) is 2.36. The number of guanidine groups is 1. The van der Waals surface area contributed by atoms with Crippen LogP contribution in [0.15, 0.2) is 12.3 Å². The minimum Gasteiger partial charge on any atom is -0.467 e. The Kier molecular flexibility index (Phi) is 2.90. The number of carbonyl (C=O) groups excluding carboxylic acids is 1. The van der Waals surface area contributed by atoms with E-state index in [1.54, 1.807) is 19.3 Å². The highest BCUT2D eigenvalue weighted by molar-refractivity contribution is 5.98. The first-order valence-corrected chi connectivity index (χ1v) is 5.47. The Morgan fingerprint density at radius 3 is 2.94 bits per heavy atom. The second kappa shape index (κ2) is 4.25. The first kappa shape index (κ1) is 12.3. The summed E-state index contributed by atoms with van der Waals surface area (Å²) < 4.78 is 4.97. The molecular weight excluding hydrogens is 234 g/mol. The van der Waals surface area contributed by atoms with Crippen molar-refractivity contribution in [1.29, 1.82) is 5.41 Å². The quantitative estimate of drug-likeness (QED) is 0.775. The molecule has 2 N–H and O–H groups in total. The van der Waals surface area contributed by atoms with Crippen LogP contribution in [0.2, 0.25) is 0 Å². The van der Waals surface area contributed by atoms with E-state index in [4.69, 9.17) is 10.1 Å². The zero-order valence-corrected chi connectivity index (χ0v) is 10.5. The van der Waals surface area contributed by atoms with E-state index < -0.39 is 5.54 Å². The molecule has 0 unspecified atom stereocenters. The molecule has 1 aliphatic heterocycles. The molecule has 7 heteroatoms. The molecular formula is C11H15N5O2. The van der Waals surface area contributed by atoms with Crippen LogP contribution in [0.25, 0.3) is 0 Å². The summed E-state index contributed by atoms with van der Waals surface area (Å²) >= 11 is 0. The Hall–Kier alpha value is -2.18. The predicted molar refractivity (Wildman–Crippen MR) is 64.2 cm³/mol. The normalized spacial score (nSPS) is 23.8.